The number of furan rings is 1. The Morgan fingerprint density at radius 2 is 2.04 bits per heavy atom. The lowest BCUT2D eigenvalue weighted by Crippen LogP contribution is -2.37. The standard InChI is InChI=1S/C19H27N5O4/c1-19(2,3)28-18(26)21-7-4-12-5-8-24(9-6-12)17-15-13(22-11-23-17)10-14(27-15)16(20)25/h10-12H,4-9H2,1-3H3,(H2,20,25)(H,21,26). The molecule has 2 aromatic rings. The van der Waals surface area contributed by atoms with Crippen LogP contribution in [0.4, 0.5) is 10.6 Å². The molecule has 0 saturated carbocycles. The van der Waals surface area contributed by atoms with Gasteiger partial charge in [0.15, 0.2) is 17.2 Å². The maximum atomic E-state index is 11.7. The summed E-state index contributed by atoms with van der Waals surface area (Å²) in [6.07, 6.45) is 3.94. The molecule has 3 heterocycles. The Labute approximate surface area is 163 Å². The number of primary amides is 1. The SMILES string of the molecule is CC(C)(C)OC(=O)NCCC1CCN(c2ncnc3cc(C(N)=O)oc23)CC1. The van der Waals surface area contributed by atoms with Crippen LogP contribution in [0.15, 0.2) is 16.8 Å². The lowest BCUT2D eigenvalue weighted by molar-refractivity contribution is 0.0524. The number of amides is 2. The van der Waals surface area contributed by atoms with Crippen LogP contribution in [0.2, 0.25) is 0 Å². The minimum absolute atomic E-state index is 0.0832. The smallest absolute Gasteiger partial charge is 0.407 e. The number of hydrogen-bond acceptors (Lipinski definition) is 7. The maximum absolute atomic E-state index is 11.7. The Morgan fingerprint density at radius 3 is 2.68 bits per heavy atom. The molecule has 0 atom stereocenters. The van der Waals surface area contributed by atoms with E-state index in [9.17, 15) is 9.59 Å². The van der Waals surface area contributed by atoms with E-state index in [0.29, 0.717) is 29.4 Å². The zero-order chi connectivity index (χ0) is 20.3. The van der Waals surface area contributed by atoms with Crippen LogP contribution in [-0.2, 0) is 4.74 Å². The molecule has 152 valence electrons. The number of alkyl carbamates (subject to hydrolysis) is 1. The molecule has 1 aliphatic rings. The highest BCUT2D eigenvalue weighted by molar-refractivity contribution is 5.96. The zero-order valence-electron chi connectivity index (χ0n) is 16.5. The highest BCUT2D eigenvalue weighted by Crippen LogP contribution is 2.30. The molecule has 3 rings (SSSR count). The van der Waals surface area contributed by atoms with Crippen molar-refractivity contribution in [3.05, 3.63) is 18.2 Å². The molecule has 2 aromatic heterocycles. The molecule has 9 heteroatoms. The third kappa shape index (κ3) is 4.90. The number of ether oxygens (including phenoxy) is 1. The van der Waals surface area contributed by atoms with Gasteiger partial charge in [0, 0.05) is 25.7 Å². The number of carbonyl (C=O) groups excluding carboxylic acids is 2. The zero-order valence-corrected chi connectivity index (χ0v) is 16.5. The van der Waals surface area contributed by atoms with Crippen molar-refractivity contribution in [1.82, 2.24) is 15.3 Å². The molecule has 1 fully saturated rings. The molecular weight excluding hydrogens is 362 g/mol. The maximum Gasteiger partial charge on any atom is 0.407 e. The second-order valence-electron chi connectivity index (χ2n) is 8.03. The minimum atomic E-state index is -0.625. The number of nitrogens with one attached hydrogen (secondary N) is 1. The molecular formula is C19H27N5O4. The first kappa shape index (κ1) is 19.9. The van der Waals surface area contributed by atoms with Crippen LogP contribution in [0.5, 0.6) is 0 Å². The van der Waals surface area contributed by atoms with E-state index in [-0.39, 0.29) is 11.9 Å². The summed E-state index contributed by atoms with van der Waals surface area (Å²) in [5, 5.41) is 2.81. The Kier molecular flexibility index (Phi) is 5.71. The van der Waals surface area contributed by atoms with Gasteiger partial charge in [-0.25, -0.2) is 14.8 Å². The first-order valence-corrected chi connectivity index (χ1v) is 9.49. The number of rotatable bonds is 5. The van der Waals surface area contributed by atoms with Crippen LogP contribution >= 0.6 is 0 Å². The average molecular weight is 389 g/mol. The summed E-state index contributed by atoms with van der Waals surface area (Å²) in [6.45, 7) is 7.76. The first-order chi connectivity index (χ1) is 13.2. The summed E-state index contributed by atoms with van der Waals surface area (Å²) in [6, 6.07) is 1.54. The van der Waals surface area contributed by atoms with E-state index < -0.39 is 11.5 Å². The number of piperidine rings is 1. The van der Waals surface area contributed by atoms with Gasteiger partial charge in [0.25, 0.3) is 5.91 Å². The van der Waals surface area contributed by atoms with E-state index >= 15 is 0 Å². The largest absolute Gasteiger partial charge is 0.445 e. The monoisotopic (exact) mass is 389 g/mol. The number of anilines is 1. The van der Waals surface area contributed by atoms with Gasteiger partial charge < -0.3 is 25.1 Å². The number of fused-ring (bicyclic) bond motifs is 1. The van der Waals surface area contributed by atoms with Crippen molar-refractivity contribution < 1.29 is 18.7 Å². The third-order valence-electron chi connectivity index (χ3n) is 4.67. The summed E-state index contributed by atoms with van der Waals surface area (Å²) in [4.78, 5) is 33.7. The van der Waals surface area contributed by atoms with Crippen molar-refractivity contribution >= 4 is 28.9 Å². The van der Waals surface area contributed by atoms with Crippen LogP contribution in [0.25, 0.3) is 11.1 Å². The quantitative estimate of drug-likeness (QED) is 0.805. The predicted molar refractivity (Wildman–Crippen MR) is 104 cm³/mol. The fourth-order valence-corrected chi connectivity index (χ4v) is 3.31. The summed E-state index contributed by atoms with van der Waals surface area (Å²) in [5.41, 5.74) is 5.86. The normalized spacial score (nSPS) is 15.6. The van der Waals surface area contributed by atoms with Gasteiger partial charge in [-0.3, -0.25) is 4.79 Å². The molecule has 2 amide bonds. The lowest BCUT2D eigenvalue weighted by Gasteiger charge is -2.32. The molecule has 9 nitrogen and oxygen atoms in total. The van der Waals surface area contributed by atoms with E-state index in [1.807, 2.05) is 20.8 Å². The summed E-state index contributed by atoms with van der Waals surface area (Å²) in [5.74, 6) is 0.657. The second kappa shape index (κ2) is 8.04. The Hall–Kier alpha value is -2.84. The molecule has 0 unspecified atom stereocenters. The van der Waals surface area contributed by atoms with Gasteiger partial charge in [0.2, 0.25) is 0 Å². The summed E-state index contributed by atoms with van der Waals surface area (Å²) in [7, 11) is 0. The van der Waals surface area contributed by atoms with Crippen LogP contribution in [0.3, 0.4) is 0 Å². The van der Waals surface area contributed by atoms with E-state index in [2.05, 4.69) is 20.2 Å². The summed E-state index contributed by atoms with van der Waals surface area (Å²) < 4.78 is 10.8. The number of nitrogens with two attached hydrogens (primary N) is 1. The number of aromatic nitrogens is 2. The molecule has 1 saturated heterocycles. The predicted octanol–water partition coefficient (Wildman–Crippen LogP) is 2.45. The Balaban J connectivity index is 1.52. The van der Waals surface area contributed by atoms with Crippen molar-refractivity contribution in [2.45, 2.75) is 45.6 Å². The molecule has 0 radical (unpaired) electrons. The van der Waals surface area contributed by atoms with Crippen LogP contribution < -0.4 is 16.0 Å². The molecule has 0 spiro atoms. The number of hydrogen-bond donors (Lipinski definition) is 2. The molecule has 0 aliphatic carbocycles. The Bertz CT molecular complexity index is 850. The topological polar surface area (TPSA) is 124 Å². The third-order valence-corrected chi connectivity index (χ3v) is 4.67. The molecule has 28 heavy (non-hydrogen) atoms. The Morgan fingerprint density at radius 1 is 1.32 bits per heavy atom. The number of carbonyl (C=O) groups is 2. The van der Waals surface area contributed by atoms with Gasteiger partial charge in [-0.05, 0) is 46.0 Å². The molecule has 0 bridgehead atoms. The van der Waals surface area contributed by atoms with E-state index in [0.717, 1.165) is 32.4 Å². The molecule has 1 aliphatic heterocycles. The fourth-order valence-electron chi connectivity index (χ4n) is 3.31. The minimum Gasteiger partial charge on any atom is -0.445 e. The van der Waals surface area contributed by atoms with Crippen molar-refractivity contribution in [2.24, 2.45) is 11.7 Å². The van der Waals surface area contributed by atoms with Crippen molar-refractivity contribution in [1.29, 1.82) is 0 Å². The van der Waals surface area contributed by atoms with Gasteiger partial charge >= 0.3 is 6.09 Å². The fraction of sp³-hybridized carbons (Fsp3) is 0.579. The van der Waals surface area contributed by atoms with Crippen molar-refractivity contribution in [3.63, 3.8) is 0 Å². The second-order valence-corrected chi connectivity index (χ2v) is 8.03. The highest BCUT2D eigenvalue weighted by atomic mass is 16.6. The van der Waals surface area contributed by atoms with Crippen LogP contribution in [-0.4, -0.2) is 47.2 Å². The highest BCUT2D eigenvalue weighted by Gasteiger charge is 2.24. The van der Waals surface area contributed by atoms with Crippen LogP contribution in [0, 0.1) is 5.92 Å². The first-order valence-electron chi connectivity index (χ1n) is 9.49. The van der Waals surface area contributed by atoms with Crippen molar-refractivity contribution in [3.8, 4) is 0 Å². The average Bonchev–Trinajstić information content (AvgIpc) is 3.05. The van der Waals surface area contributed by atoms with E-state index in [4.69, 9.17) is 14.9 Å². The van der Waals surface area contributed by atoms with Gasteiger partial charge in [0.1, 0.15) is 17.4 Å². The summed E-state index contributed by atoms with van der Waals surface area (Å²) >= 11 is 0. The lowest BCUT2D eigenvalue weighted by atomic mass is 9.93. The van der Waals surface area contributed by atoms with E-state index in [1.165, 1.54) is 12.4 Å². The van der Waals surface area contributed by atoms with E-state index in [1.54, 1.807) is 0 Å². The van der Waals surface area contributed by atoms with Gasteiger partial charge in [0.05, 0.1) is 0 Å². The van der Waals surface area contributed by atoms with Crippen molar-refractivity contribution in [2.75, 3.05) is 24.5 Å². The van der Waals surface area contributed by atoms with Gasteiger partial charge in [-0.2, -0.15) is 0 Å². The number of nitrogens with zero attached hydrogens (tertiary/aromatic N) is 3. The van der Waals surface area contributed by atoms with Crippen LogP contribution in [0.1, 0.15) is 50.6 Å². The molecule has 0 aromatic carbocycles. The molecule has 3 N–H and O–H groups in total. The van der Waals surface area contributed by atoms with Gasteiger partial charge in [-0.15, -0.1) is 0 Å². The van der Waals surface area contributed by atoms with Gasteiger partial charge in [-0.1, -0.05) is 0 Å².